The van der Waals surface area contributed by atoms with E-state index in [4.69, 9.17) is 9.47 Å². The lowest BCUT2D eigenvalue weighted by molar-refractivity contribution is 0.102. The number of nitrogens with one attached hydrogen (secondary N) is 1. The maximum atomic E-state index is 12.3. The van der Waals surface area contributed by atoms with E-state index in [-0.39, 0.29) is 11.7 Å². The second kappa shape index (κ2) is 6.17. The van der Waals surface area contributed by atoms with E-state index < -0.39 is 0 Å². The molecule has 0 aromatic heterocycles. The normalized spacial score (nSPS) is 10.0. The quantitative estimate of drug-likeness (QED) is 0.907. The van der Waals surface area contributed by atoms with E-state index in [2.05, 4.69) is 5.32 Å². The van der Waals surface area contributed by atoms with E-state index in [0.29, 0.717) is 28.3 Å². The van der Waals surface area contributed by atoms with E-state index in [1.165, 1.54) is 13.2 Å². The Kier molecular flexibility index (Phi) is 4.33. The second-order valence-corrected chi connectivity index (χ2v) is 4.47. The van der Waals surface area contributed by atoms with Gasteiger partial charge in [0.05, 0.1) is 19.9 Å². The predicted molar refractivity (Wildman–Crippen MR) is 80.3 cm³/mol. The predicted octanol–water partition coefficient (Wildman–Crippen LogP) is 2.97. The highest BCUT2D eigenvalue weighted by Crippen LogP contribution is 2.30. The number of amides is 1. The number of anilines is 1. The molecular formula is C16H17NO4. The number of phenolic OH excluding ortho intramolecular Hbond substituents is 1. The van der Waals surface area contributed by atoms with Crippen LogP contribution in [0.5, 0.6) is 17.2 Å². The van der Waals surface area contributed by atoms with Crippen molar-refractivity contribution in [1.29, 1.82) is 0 Å². The van der Waals surface area contributed by atoms with E-state index in [1.54, 1.807) is 44.4 Å². The molecule has 0 saturated carbocycles. The van der Waals surface area contributed by atoms with Crippen LogP contribution in [0.25, 0.3) is 0 Å². The molecule has 0 aliphatic rings. The van der Waals surface area contributed by atoms with E-state index in [1.807, 2.05) is 0 Å². The molecule has 2 aromatic rings. The van der Waals surface area contributed by atoms with Gasteiger partial charge >= 0.3 is 0 Å². The van der Waals surface area contributed by atoms with Crippen molar-refractivity contribution < 1.29 is 19.4 Å². The first-order valence-electron chi connectivity index (χ1n) is 6.38. The Hall–Kier alpha value is -2.69. The van der Waals surface area contributed by atoms with Gasteiger partial charge in [-0.2, -0.15) is 0 Å². The Bertz CT molecular complexity index is 667. The number of carbonyl (C=O) groups excluding carboxylic acids is 1. The van der Waals surface area contributed by atoms with Gasteiger partial charge in [0.2, 0.25) is 0 Å². The lowest BCUT2D eigenvalue weighted by Crippen LogP contribution is -2.14. The minimum Gasteiger partial charge on any atom is -0.508 e. The molecule has 0 bridgehead atoms. The average Bonchev–Trinajstić information content (AvgIpc) is 2.49. The number of methoxy groups -OCH3 is 2. The molecule has 0 aliphatic heterocycles. The lowest BCUT2D eigenvalue weighted by atomic mass is 10.1. The molecule has 0 fully saturated rings. The topological polar surface area (TPSA) is 67.8 Å². The summed E-state index contributed by atoms with van der Waals surface area (Å²) in [6.07, 6.45) is 0. The first-order valence-corrected chi connectivity index (χ1v) is 6.38. The van der Waals surface area contributed by atoms with Gasteiger partial charge in [-0.3, -0.25) is 4.79 Å². The lowest BCUT2D eigenvalue weighted by Gasteiger charge is -2.13. The summed E-state index contributed by atoms with van der Waals surface area (Å²) in [6, 6.07) is 9.95. The zero-order chi connectivity index (χ0) is 15.4. The van der Waals surface area contributed by atoms with Crippen LogP contribution in [0, 0.1) is 6.92 Å². The summed E-state index contributed by atoms with van der Waals surface area (Å²) < 4.78 is 10.4. The Labute approximate surface area is 123 Å². The Balaban J connectivity index is 2.33. The summed E-state index contributed by atoms with van der Waals surface area (Å²) in [5, 5.41) is 12.4. The number of phenols is 1. The summed E-state index contributed by atoms with van der Waals surface area (Å²) in [5.41, 5.74) is 1.43. The fourth-order valence-electron chi connectivity index (χ4n) is 1.97. The van der Waals surface area contributed by atoms with Gasteiger partial charge in [-0.15, -0.1) is 0 Å². The monoisotopic (exact) mass is 287 g/mol. The van der Waals surface area contributed by atoms with Gasteiger partial charge in [-0.1, -0.05) is 6.07 Å². The molecule has 5 heteroatoms. The van der Waals surface area contributed by atoms with E-state index in [0.717, 1.165) is 0 Å². The Morgan fingerprint density at radius 1 is 1.14 bits per heavy atom. The molecule has 0 heterocycles. The van der Waals surface area contributed by atoms with Crippen molar-refractivity contribution in [2.75, 3.05) is 19.5 Å². The zero-order valence-corrected chi connectivity index (χ0v) is 12.1. The van der Waals surface area contributed by atoms with Gasteiger partial charge in [0, 0.05) is 17.2 Å². The van der Waals surface area contributed by atoms with Crippen molar-refractivity contribution in [2.45, 2.75) is 6.92 Å². The maximum Gasteiger partial charge on any atom is 0.256 e. The summed E-state index contributed by atoms with van der Waals surface area (Å²) in [5.74, 6) is 0.899. The first kappa shape index (κ1) is 14.7. The van der Waals surface area contributed by atoms with E-state index >= 15 is 0 Å². The van der Waals surface area contributed by atoms with Crippen LogP contribution >= 0.6 is 0 Å². The molecule has 1 amide bonds. The first-order chi connectivity index (χ1) is 10.1. The fourth-order valence-corrected chi connectivity index (χ4v) is 1.97. The zero-order valence-electron chi connectivity index (χ0n) is 12.1. The second-order valence-electron chi connectivity index (χ2n) is 4.47. The third-order valence-electron chi connectivity index (χ3n) is 3.20. The average molecular weight is 287 g/mol. The molecule has 0 spiro atoms. The molecule has 0 radical (unpaired) electrons. The largest absolute Gasteiger partial charge is 0.508 e. The maximum absolute atomic E-state index is 12.3. The van der Waals surface area contributed by atoms with Gasteiger partial charge in [-0.25, -0.2) is 0 Å². The van der Waals surface area contributed by atoms with Crippen molar-refractivity contribution in [3.63, 3.8) is 0 Å². The molecule has 21 heavy (non-hydrogen) atoms. The van der Waals surface area contributed by atoms with E-state index in [9.17, 15) is 9.90 Å². The van der Waals surface area contributed by atoms with Crippen molar-refractivity contribution in [3.05, 3.63) is 47.5 Å². The number of rotatable bonds is 4. The standard InChI is InChI=1S/C16H17NO4/c1-10-12(5-4-6-14(10)18)16(19)17-13-9-11(20-2)7-8-15(13)21-3/h4-9,18H,1-3H3,(H,17,19). The van der Waals surface area contributed by atoms with Crippen LogP contribution < -0.4 is 14.8 Å². The van der Waals surface area contributed by atoms with Gasteiger partial charge in [0.25, 0.3) is 5.91 Å². The molecule has 5 nitrogen and oxygen atoms in total. The van der Waals surface area contributed by atoms with Crippen molar-refractivity contribution in [1.82, 2.24) is 0 Å². The van der Waals surface area contributed by atoms with Gasteiger partial charge < -0.3 is 19.9 Å². The summed E-state index contributed by atoms with van der Waals surface area (Å²) in [6.45, 7) is 1.69. The van der Waals surface area contributed by atoms with Gasteiger partial charge in [0.1, 0.15) is 17.2 Å². The number of aromatic hydroxyl groups is 1. The van der Waals surface area contributed by atoms with Crippen LogP contribution in [-0.4, -0.2) is 25.2 Å². The molecule has 0 saturated heterocycles. The Morgan fingerprint density at radius 3 is 2.57 bits per heavy atom. The number of hydrogen-bond acceptors (Lipinski definition) is 4. The highest BCUT2D eigenvalue weighted by Gasteiger charge is 2.14. The van der Waals surface area contributed by atoms with Crippen LogP contribution in [-0.2, 0) is 0 Å². The molecule has 0 unspecified atom stereocenters. The molecule has 0 aliphatic carbocycles. The molecule has 2 aromatic carbocycles. The number of benzene rings is 2. The van der Waals surface area contributed by atoms with Crippen LogP contribution in [0.1, 0.15) is 15.9 Å². The fraction of sp³-hybridized carbons (Fsp3) is 0.188. The molecular weight excluding hydrogens is 270 g/mol. The molecule has 2 rings (SSSR count). The number of hydrogen-bond donors (Lipinski definition) is 2. The number of ether oxygens (including phenoxy) is 2. The minimum absolute atomic E-state index is 0.0836. The van der Waals surface area contributed by atoms with Crippen LogP contribution in [0.2, 0.25) is 0 Å². The molecule has 110 valence electrons. The third-order valence-corrected chi connectivity index (χ3v) is 3.20. The molecule has 2 N–H and O–H groups in total. The van der Waals surface area contributed by atoms with Gasteiger partial charge in [-0.05, 0) is 31.2 Å². The SMILES string of the molecule is COc1ccc(OC)c(NC(=O)c2cccc(O)c2C)c1. The van der Waals surface area contributed by atoms with Crippen LogP contribution in [0.3, 0.4) is 0 Å². The van der Waals surface area contributed by atoms with Crippen LogP contribution in [0.4, 0.5) is 5.69 Å². The summed E-state index contributed by atoms with van der Waals surface area (Å²) in [4.78, 5) is 12.3. The number of carbonyl (C=O) groups is 1. The summed E-state index contributed by atoms with van der Waals surface area (Å²) >= 11 is 0. The Morgan fingerprint density at radius 2 is 1.90 bits per heavy atom. The minimum atomic E-state index is -0.324. The van der Waals surface area contributed by atoms with Crippen molar-refractivity contribution in [2.24, 2.45) is 0 Å². The summed E-state index contributed by atoms with van der Waals surface area (Å²) in [7, 11) is 3.07. The highest BCUT2D eigenvalue weighted by molar-refractivity contribution is 6.06. The van der Waals surface area contributed by atoms with Crippen molar-refractivity contribution in [3.8, 4) is 17.2 Å². The third kappa shape index (κ3) is 3.08. The smallest absolute Gasteiger partial charge is 0.256 e. The van der Waals surface area contributed by atoms with Gasteiger partial charge in [0.15, 0.2) is 0 Å². The molecule has 0 atom stereocenters. The van der Waals surface area contributed by atoms with Crippen LogP contribution in [0.15, 0.2) is 36.4 Å². The van der Waals surface area contributed by atoms with Crippen molar-refractivity contribution >= 4 is 11.6 Å². The highest BCUT2D eigenvalue weighted by atomic mass is 16.5.